The van der Waals surface area contributed by atoms with Gasteiger partial charge in [0.15, 0.2) is 0 Å². The average molecular weight is 341 g/mol. The maximum Gasteiger partial charge on any atom is 0.306 e. The smallest absolute Gasteiger partial charge is 0.306 e. The summed E-state index contributed by atoms with van der Waals surface area (Å²) in [5.74, 6) is -0.219. The zero-order chi connectivity index (χ0) is 17.3. The first-order valence-corrected chi connectivity index (χ1v) is 9.71. The van der Waals surface area contributed by atoms with Crippen LogP contribution in [-0.2, 0) is 19.6 Å². The number of hydrogen-bond acceptors (Lipinski definition) is 4. The Morgan fingerprint density at radius 2 is 1.65 bits per heavy atom. The van der Waals surface area contributed by atoms with Gasteiger partial charge in [-0.2, -0.15) is 0 Å². The average Bonchev–Trinajstić information content (AvgIpc) is 2.50. The number of carbonyl (C=O) groups is 1. The Balaban J connectivity index is 2.37. The van der Waals surface area contributed by atoms with Crippen LogP contribution in [0.2, 0.25) is 0 Å². The molecular weight excluding hydrogens is 314 g/mol. The number of sulfonamides is 1. The molecule has 0 fully saturated rings. The first-order chi connectivity index (χ1) is 10.8. The second-order valence-electron chi connectivity index (χ2n) is 5.76. The van der Waals surface area contributed by atoms with Crippen molar-refractivity contribution in [1.82, 2.24) is 0 Å². The maximum atomic E-state index is 11.8. The van der Waals surface area contributed by atoms with Crippen LogP contribution >= 0.6 is 0 Å². The quantitative estimate of drug-likeness (QED) is 0.519. The van der Waals surface area contributed by atoms with Gasteiger partial charge in [-0.25, -0.2) is 13.6 Å². The highest BCUT2D eigenvalue weighted by Crippen LogP contribution is 2.20. The molecule has 0 heterocycles. The van der Waals surface area contributed by atoms with Crippen molar-refractivity contribution in [2.75, 3.05) is 0 Å². The lowest BCUT2D eigenvalue weighted by molar-refractivity contribution is -0.148. The SMILES string of the molecule is CCCCCCCCC(=O)OC(C)c1ccc(S(N)(=O)=O)cc1. The van der Waals surface area contributed by atoms with Crippen molar-refractivity contribution in [3.63, 3.8) is 0 Å². The van der Waals surface area contributed by atoms with E-state index in [9.17, 15) is 13.2 Å². The highest BCUT2D eigenvalue weighted by Gasteiger charge is 2.13. The van der Waals surface area contributed by atoms with Gasteiger partial charge in [-0.3, -0.25) is 4.79 Å². The van der Waals surface area contributed by atoms with Gasteiger partial charge in [0.1, 0.15) is 6.10 Å². The van der Waals surface area contributed by atoms with E-state index >= 15 is 0 Å². The second kappa shape index (κ2) is 9.67. The van der Waals surface area contributed by atoms with E-state index in [1.165, 1.54) is 31.4 Å². The predicted molar refractivity (Wildman–Crippen MR) is 90.3 cm³/mol. The van der Waals surface area contributed by atoms with Crippen molar-refractivity contribution in [2.45, 2.75) is 69.8 Å². The van der Waals surface area contributed by atoms with E-state index < -0.39 is 16.1 Å². The Morgan fingerprint density at radius 1 is 1.09 bits per heavy atom. The van der Waals surface area contributed by atoms with Gasteiger partial charge in [0.25, 0.3) is 0 Å². The van der Waals surface area contributed by atoms with Crippen LogP contribution in [0.15, 0.2) is 29.2 Å². The fourth-order valence-corrected chi connectivity index (χ4v) is 2.82. The van der Waals surface area contributed by atoms with Crippen molar-refractivity contribution >= 4 is 16.0 Å². The van der Waals surface area contributed by atoms with Gasteiger partial charge in [-0.1, -0.05) is 51.2 Å². The summed E-state index contributed by atoms with van der Waals surface area (Å²) < 4.78 is 27.8. The summed E-state index contributed by atoms with van der Waals surface area (Å²) in [6, 6.07) is 6.07. The highest BCUT2D eigenvalue weighted by molar-refractivity contribution is 7.89. The van der Waals surface area contributed by atoms with Crippen molar-refractivity contribution in [1.29, 1.82) is 0 Å². The Kier molecular flexibility index (Phi) is 8.26. The van der Waals surface area contributed by atoms with Crippen molar-refractivity contribution in [3.05, 3.63) is 29.8 Å². The van der Waals surface area contributed by atoms with Crippen molar-refractivity contribution < 1.29 is 17.9 Å². The molecule has 0 bridgehead atoms. The minimum Gasteiger partial charge on any atom is -0.458 e. The van der Waals surface area contributed by atoms with E-state index in [1.54, 1.807) is 19.1 Å². The molecule has 0 saturated carbocycles. The molecule has 5 nitrogen and oxygen atoms in total. The van der Waals surface area contributed by atoms with E-state index in [-0.39, 0.29) is 10.9 Å². The third-order valence-electron chi connectivity index (χ3n) is 3.72. The van der Waals surface area contributed by atoms with E-state index in [0.717, 1.165) is 24.8 Å². The molecular formula is C17H27NO4S. The number of esters is 1. The lowest BCUT2D eigenvalue weighted by Gasteiger charge is -2.14. The molecule has 1 atom stereocenters. The van der Waals surface area contributed by atoms with Crippen LogP contribution < -0.4 is 5.14 Å². The third-order valence-corrected chi connectivity index (χ3v) is 4.65. The third kappa shape index (κ3) is 7.61. The Labute approximate surface area is 139 Å². The summed E-state index contributed by atoms with van der Waals surface area (Å²) >= 11 is 0. The van der Waals surface area contributed by atoms with Crippen LogP contribution in [0.3, 0.4) is 0 Å². The van der Waals surface area contributed by atoms with E-state index in [4.69, 9.17) is 9.88 Å². The first kappa shape index (κ1) is 19.6. The van der Waals surface area contributed by atoms with Gasteiger partial charge >= 0.3 is 5.97 Å². The molecule has 0 aliphatic heterocycles. The summed E-state index contributed by atoms with van der Waals surface area (Å²) in [7, 11) is -3.70. The largest absolute Gasteiger partial charge is 0.458 e. The molecule has 0 aliphatic rings. The fraction of sp³-hybridized carbons (Fsp3) is 0.588. The second-order valence-corrected chi connectivity index (χ2v) is 7.33. The van der Waals surface area contributed by atoms with Crippen molar-refractivity contribution in [3.8, 4) is 0 Å². The molecule has 1 aromatic rings. The van der Waals surface area contributed by atoms with Gasteiger partial charge < -0.3 is 4.74 Å². The molecule has 1 unspecified atom stereocenters. The summed E-state index contributed by atoms with van der Waals surface area (Å²) in [6.07, 6.45) is 6.75. The van der Waals surface area contributed by atoms with Crippen molar-refractivity contribution in [2.24, 2.45) is 5.14 Å². The predicted octanol–water partition coefficient (Wildman–Crippen LogP) is 3.69. The standard InChI is InChI=1S/C17H27NO4S/c1-3-4-5-6-7-8-9-17(19)22-14(2)15-10-12-16(13-11-15)23(18,20)21/h10-14H,3-9H2,1-2H3,(H2,18,20,21). The van der Waals surface area contributed by atoms with Crippen LogP contribution in [0, 0.1) is 0 Å². The molecule has 1 rings (SSSR count). The summed E-state index contributed by atoms with van der Waals surface area (Å²) in [5, 5.41) is 5.05. The number of carbonyl (C=O) groups excluding carboxylic acids is 1. The number of benzene rings is 1. The zero-order valence-electron chi connectivity index (χ0n) is 14.0. The summed E-state index contributed by atoms with van der Waals surface area (Å²) in [5.41, 5.74) is 0.744. The van der Waals surface area contributed by atoms with E-state index in [1.807, 2.05) is 0 Å². The highest BCUT2D eigenvalue weighted by atomic mass is 32.2. The number of unbranched alkanes of at least 4 members (excludes halogenated alkanes) is 5. The number of nitrogens with two attached hydrogens (primary N) is 1. The molecule has 6 heteroatoms. The summed E-state index contributed by atoms with van der Waals surface area (Å²) in [4.78, 5) is 11.9. The topological polar surface area (TPSA) is 86.5 Å². The molecule has 2 N–H and O–H groups in total. The molecule has 1 aromatic carbocycles. The minimum absolute atomic E-state index is 0.0480. The Hall–Kier alpha value is -1.40. The lowest BCUT2D eigenvalue weighted by atomic mass is 10.1. The summed E-state index contributed by atoms with van der Waals surface area (Å²) in [6.45, 7) is 3.94. The van der Waals surface area contributed by atoms with Crippen LogP contribution in [0.5, 0.6) is 0 Å². The number of primary sulfonamides is 1. The van der Waals surface area contributed by atoms with Crippen LogP contribution in [0.1, 0.15) is 70.5 Å². The van der Waals surface area contributed by atoms with Crippen LogP contribution in [0.25, 0.3) is 0 Å². The van der Waals surface area contributed by atoms with Gasteiger partial charge in [0.2, 0.25) is 10.0 Å². The molecule has 0 aliphatic carbocycles. The monoisotopic (exact) mass is 341 g/mol. The fourth-order valence-electron chi connectivity index (χ4n) is 2.30. The normalized spacial score (nSPS) is 12.8. The van der Waals surface area contributed by atoms with Gasteiger partial charge in [-0.15, -0.1) is 0 Å². The van der Waals surface area contributed by atoms with Gasteiger partial charge in [0, 0.05) is 6.42 Å². The van der Waals surface area contributed by atoms with E-state index in [0.29, 0.717) is 6.42 Å². The van der Waals surface area contributed by atoms with Crippen LogP contribution in [0.4, 0.5) is 0 Å². The van der Waals surface area contributed by atoms with Gasteiger partial charge in [0.05, 0.1) is 4.90 Å². The molecule has 0 amide bonds. The maximum absolute atomic E-state index is 11.8. The van der Waals surface area contributed by atoms with E-state index in [2.05, 4.69) is 6.92 Å². The lowest BCUT2D eigenvalue weighted by Crippen LogP contribution is -2.12. The minimum atomic E-state index is -3.70. The number of rotatable bonds is 10. The van der Waals surface area contributed by atoms with Crippen LogP contribution in [-0.4, -0.2) is 14.4 Å². The Bertz CT molecular complexity index is 581. The number of hydrogen-bond donors (Lipinski definition) is 1. The Morgan fingerprint density at radius 3 is 2.22 bits per heavy atom. The molecule has 23 heavy (non-hydrogen) atoms. The number of ether oxygens (including phenoxy) is 1. The molecule has 130 valence electrons. The molecule has 0 spiro atoms. The molecule has 0 aromatic heterocycles. The first-order valence-electron chi connectivity index (χ1n) is 8.17. The molecule has 0 radical (unpaired) electrons. The molecule has 0 saturated heterocycles. The zero-order valence-corrected chi connectivity index (χ0v) is 14.8. The van der Waals surface area contributed by atoms with Gasteiger partial charge in [-0.05, 0) is 31.0 Å².